The number of piperidine rings is 3. The van der Waals surface area contributed by atoms with Crippen molar-refractivity contribution in [2.24, 2.45) is 11.8 Å². The van der Waals surface area contributed by atoms with E-state index in [4.69, 9.17) is 10.1 Å². The van der Waals surface area contributed by atoms with E-state index >= 15 is 0 Å². The average Bonchev–Trinajstić information content (AvgIpc) is 4.10. The Morgan fingerprint density at radius 3 is 2.29 bits per heavy atom. The molecule has 6 aliphatic heterocycles. The van der Waals surface area contributed by atoms with Crippen molar-refractivity contribution in [2.45, 2.75) is 70.9 Å². The molecule has 3 aromatic heterocycles. The lowest BCUT2D eigenvalue weighted by atomic mass is 9.82. The van der Waals surface area contributed by atoms with Crippen LogP contribution in [0, 0.1) is 11.8 Å². The molecule has 2 unspecified atom stereocenters. The molecular formula is C50H59N15O5. The predicted molar refractivity (Wildman–Crippen MR) is 262 cm³/mol. The minimum Gasteiger partial charge on any atom is -0.371 e. The number of likely N-dealkylation sites (tertiary alicyclic amines) is 1. The van der Waals surface area contributed by atoms with Crippen LogP contribution in [0.5, 0.6) is 0 Å². The molecule has 364 valence electrons. The Labute approximate surface area is 405 Å². The number of H-pyrrole nitrogens is 1. The Morgan fingerprint density at radius 2 is 1.53 bits per heavy atom. The van der Waals surface area contributed by atoms with E-state index in [1.807, 2.05) is 68.4 Å². The number of hydrogen-bond acceptors (Lipinski definition) is 15. The Bertz CT molecular complexity index is 2900. The van der Waals surface area contributed by atoms with Gasteiger partial charge in [0.2, 0.25) is 17.8 Å². The largest absolute Gasteiger partial charge is 0.371 e. The van der Waals surface area contributed by atoms with Crippen molar-refractivity contribution in [1.29, 1.82) is 0 Å². The van der Waals surface area contributed by atoms with Gasteiger partial charge in [-0.05, 0) is 136 Å². The molecule has 70 heavy (non-hydrogen) atoms. The second kappa shape index (κ2) is 18.7. The molecule has 2 atom stereocenters. The second-order valence-corrected chi connectivity index (χ2v) is 19.8. The summed E-state index contributed by atoms with van der Waals surface area (Å²) in [7, 11) is 1.85. The van der Waals surface area contributed by atoms with Gasteiger partial charge in [-0.1, -0.05) is 5.10 Å². The zero-order chi connectivity index (χ0) is 48.2. The molecule has 9 heterocycles. The maximum absolute atomic E-state index is 13.7. The number of fused-ring (bicyclic) bond motifs is 3. The van der Waals surface area contributed by atoms with Crippen molar-refractivity contribution in [2.75, 3.05) is 92.5 Å². The van der Waals surface area contributed by atoms with Gasteiger partial charge < -0.3 is 24.9 Å². The molecule has 20 nitrogen and oxygen atoms in total. The van der Waals surface area contributed by atoms with E-state index in [1.165, 1.54) is 19.3 Å². The van der Waals surface area contributed by atoms with E-state index in [0.29, 0.717) is 34.3 Å². The Kier molecular flexibility index (Phi) is 12.1. The highest BCUT2D eigenvalue weighted by atomic mass is 16.2. The van der Waals surface area contributed by atoms with Gasteiger partial charge in [-0.15, -0.1) is 0 Å². The first-order chi connectivity index (χ1) is 34.0. The Hall–Kier alpha value is -7.06. The topological polar surface area (TPSA) is 214 Å². The van der Waals surface area contributed by atoms with Crippen LogP contribution < -0.4 is 25.3 Å². The number of aromatic amines is 1. The second-order valence-electron chi connectivity index (χ2n) is 19.8. The van der Waals surface area contributed by atoms with E-state index < -0.39 is 23.8 Å². The van der Waals surface area contributed by atoms with E-state index in [2.05, 4.69) is 56.9 Å². The fraction of sp³-hybridized carbons (Fsp3) is 0.480. The van der Waals surface area contributed by atoms with Crippen molar-refractivity contribution in [3.63, 3.8) is 0 Å². The summed E-state index contributed by atoms with van der Waals surface area (Å²) in [5.41, 5.74) is 6.28. The first-order valence-corrected chi connectivity index (χ1v) is 24.8. The van der Waals surface area contributed by atoms with Gasteiger partial charge in [0.05, 0.1) is 28.3 Å². The Morgan fingerprint density at radius 1 is 0.800 bits per heavy atom. The molecule has 5 aromatic rings. The maximum atomic E-state index is 13.7. The molecule has 0 saturated carbocycles. The number of pyridine rings is 1. The smallest absolute Gasteiger partial charge is 0.262 e. The number of nitrogens with one attached hydrogen (secondary N) is 3. The third-order valence-corrected chi connectivity index (χ3v) is 15.7. The first-order valence-electron chi connectivity index (χ1n) is 24.8. The third-order valence-electron chi connectivity index (χ3n) is 15.7. The number of nitrogens with zero attached hydrogens (tertiary/aromatic N) is 12. The van der Waals surface area contributed by atoms with Crippen LogP contribution in [0.15, 0.2) is 66.0 Å². The minimum atomic E-state index is -0.959. The highest BCUT2D eigenvalue weighted by Crippen LogP contribution is 2.37. The van der Waals surface area contributed by atoms with Crippen molar-refractivity contribution >= 4 is 63.6 Å². The zero-order valence-corrected chi connectivity index (χ0v) is 39.9. The van der Waals surface area contributed by atoms with Crippen LogP contribution >= 0.6 is 0 Å². The van der Waals surface area contributed by atoms with E-state index in [-0.39, 0.29) is 30.7 Å². The summed E-state index contributed by atoms with van der Waals surface area (Å²) < 4.78 is 1.65. The number of amides is 5. The number of carbonyl (C=O) groups excluding carboxylic acids is 5. The van der Waals surface area contributed by atoms with Crippen molar-refractivity contribution in [1.82, 2.24) is 55.4 Å². The van der Waals surface area contributed by atoms with Crippen LogP contribution in [-0.4, -0.2) is 158 Å². The molecule has 4 fully saturated rings. The summed E-state index contributed by atoms with van der Waals surface area (Å²) in [6.07, 6.45) is 8.04. The molecule has 20 heteroatoms. The van der Waals surface area contributed by atoms with Gasteiger partial charge in [-0.2, -0.15) is 5.10 Å². The van der Waals surface area contributed by atoms with E-state index in [9.17, 15) is 24.0 Å². The number of allylic oxidation sites excluding steroid dienone is 1. The third kappa shape index (κ3) is 8.56. The minimum absolute atomic E-state index is 0.103. The number of imide groups is 2. The van der Waals surface area contributed by atoms with Gasteiger partial charge in [-0.3, -0.25) is 44.2 Å². The fourth-order valence-corrected chi connectivity index (χ4v) is 11.5. The molecule has 3 N–H and O–H groups in total. The zero-order valence-electron chi connectivity index (χ0n) is 39.9. The number of benzene rings is 2. The monoisotopic (exact) mass is 949 g/mol. The van der Waals surface area contributed by atoms with Gasteiger partial charge in [0.25, 0.3) is 17.7 Å². The molecular weight excluding hydrogens is 891 g/mol. The summed E-state index contributed by atoms with van der Waals surface area (Å²) in [6.45, 7) is 13.8. The Balaban J connectivity index is 0.619. The van der Waals surface area contributed by atoms with Gasteiger partial charge in [0, 0.05) is 100 Å². The van der Waals surface area contributed by atoms with Crippen LogP contribution in [0.3, 0.4) is 0 Å². The lowest BCUT2D eigenvalue weighted by molar-refractivity contribution is -0.136. The summed E-state index contributed by atoms with van der Waals surface area (Å²) in [4.78, 5) is 82.0. The number of aromatic nitrogens is 7. The lowest BCUT2D eigenvalue weighted by Gasteiger charge is -2.39. The molecule has 6 aliphatic rings. The van der Waals surface area contributed by atoms with Crippen LogP contribution in [-0.2, 0) is 14.4 Å². The van der Waals surface area contributed by atoms with Gasteiger partial charge in [0.15, 0.2) is 0 Å². The van der Waals surface area contributed by atoms with E-state index in [0.717, 1.165) is 128 Å². The summed E-state index contributed by atoms with van der Waals surface area (Å²) in [5.74, 6) is 0.839. The molecule has 5 amide bonds. The van der Waals surface area contributed by atoms with Crippen LogP contribution in [0.2, 0.25) is 0 Å². The molecule has 0 spiro atoms. The maximum Gasteiger partial charge on any atom is 0.262 e. The number of piperazine rings is 1. The first kappa shape index (κ1) is 45.4. The molecule has 0 bridgehead atoms. The fourth-order valence-electron chi connectivity index (χ4n) is 11.5. The highest BCUT2D eigenvalue weighted by Gasteiger charge is 2.45. The molecule has 11 rings (SSSR count). The highest BCUT2D eigenvalue weighted by molar-refractivity contribution is 6.23. The van der Waals surface area contributed by atoms with Crippen LogP contribution in [0.1, 0.15) is 85.6 Å². The van der Waals surface area contributed by atoms with Gasteiger partial charge >= 0.3 is 0 Å². The average molecular weight is 950 g/mol. The lowest BCUT2D eigenvalue weighted by Crippen LogP contribution is -2.54. The van der Waals surface area contributed by atoms with Gasteiger partial charge in [-0.25, -0.2) is 9.67 Å². The number of anilines is 4. The number of hydrogen-bond donors (Lipinski definition) is 3. The molecule has 0 radical (unpaired) electrons. The predicted octanol–water partition coefficient (Wildman–Crippen LogP) is 4.08. The van der Waals surface area contributed by atoms with Crippen LogP contribution in [0.4, 0.5) is 23.1 Å². The van der Waals surface area contributed by atoms with E-state index in [1.54, 1.807) is 10.7 Å². The summed E-state index contributed by atoms with van der Waals surface area (Å²) in [5, 5.41) is 26.2. The SMILES string of the molecule is CC1=C(C(=O)Nc2ccc3[nH]nc(-c4ccnc(N5CCN(CCN6CCC(CC7CCN(c8ccc9c(c8)C(=O)N(C8CCC(=O)NC8=O)C9=O)CC7)CC6)CC5)c4)c3c2)C(C)n2nnnc2N1C. The summed E-state index contributed by atoms with van der Waals surface area (Å²) >= 11 is 0. The van der Waals surface area contributed by atoms with Crippen molar-refractivity contribution in [3.05, 3.63) is 77.1 Å². The van der Waals surface area contributed by atoms with Crippen LogP contribution in [0.25, 0.3) is 22.2 Å². The van der Waals surface area contributed by atoms with Crippen molar-refractivity contribution in [3.8, 4) is 11.3 Å². The number of carbonyl (C=O) groups is 5. The van der Waals surface area contributed by atoms with Crippen molar-refractivity contribution < 1.29 is 24.0 Å². The standard InChI is InChI=1S/C50H59N15O5/c1-30-44(31(2)65-50(59(30)3)56-57-58-65)47(68)52-35-4-7-40-39(28-35)45(55-54-40)34-10-15-51-42(27-34)63-24-22-61(23-25-63)21-20-60-16-11-32(12-17-60)26-33-13-18-62(19-14-33)36-5-6-37-38(29-36)49(70)64(48(37)69)41-8-9-43(66)53-46(41)67/h4-7,10,15,27-29,31-33,41H,8-9,11-14,16-26H2,1-3H3,(H,52,68)(H,54,55)(H,53,66,67). The normalized spacial score (nSPS) is 22.0. The quantitative estimate of drug-likeness (QED) is 0.159. The molecule has 2 aromatic carbocycles. The number of tetrazole rings is 1. The van der Waals surface area contributed by atoms with Gasteiger partial charge in [0.1, 0.15) is 17.6 Å². The summed E-state index contributed by atoms with van der Waals surface area (Å²) in [6, 6.07) is 14.0. The number of rotatable bonds is 11. The molecule has 4 saturated heterocycles. The molecule has 0 aliphatic carbocycles.